The molecule has 3 nitrogen and oxygen atoms in total. The highest BCUT2D eigenvalue weighted by Gasteiger charge is 2.25. The van der Waals surface area contributed by atoms with E-state index < -0.39 is 5.67 Å². The molecule has 0 spiro atoms. The van der Waals surface area contributed by atoms with Crippen molar-refractivity contribution < 1.29 is 21.6 Å². The van der Waals surface area contributed by atoms with Crippen LogP contribution in [0.5, 0.6) is 0 Å². The molecule has 0 bridgehead atoms. The van der Waals surface area contributed by atoms with Crippen LogP contribution in [0.1, 0.15) is 90.0 Å². The van der Waals surface area contributed by atoms with Gasteiger partial charge >= 0.3 is 0 Å². The van der Waals surface area contributed by atoms with Gasteiger partial charge in [-0.05, 0) is 99.5 Å². The monoisotopic (exact) mass is 498 g/mol. The molecule has 1 aliphatic rings. The van der Waals surface area contributed by atoms with Crippen molar-refractivity contribution in [2.24, 2.45) is 11.8 Å². The molecule has 0 N–H and O–H groups in total. The number of ketones is 1. The number of hydrogen-bond donors (Lipinski definition) is 0. The summed E-state index contributed by atoms with van der Waals surface area (Å²) in [6.45, 7) is 13.7. The maximum atomic E-state index is 14.3. The van der Waals surface area contributed by atoms with Gasteiger partial charge in [-0.3, -0.25) is 4.79 Å². The van der Waals surface area contributed by atoms with Crippen LogP contribution in [0.15, 0.2) is 54.6 Å². The van der Waals surface area contributed by atoms with E-state index in [2.05, 4.69) is 57.2 Å². The second-order valence-electron chi connectivity index (χ2n) is 10.2. The van der Waals surface area contributed by atoms with E-state index in [9.17, 15) is 9.18 Å². The first-order valence-corrected chi connectivity index (χ1v) is 12.8. The van der Waals surface area contributed by atoms with Gasteiger partial charge in [0, 0.05) is 15.2 Å². The number of rotatable bonds is 8. The fourth-order valence-electron chi connectivity index (χ4n) is 5.18. The van der Waals surface area contributed by atoms with Crippen molar-refractivity contribution in [2.45, 2.75) is 84.7 Å². The van der Waals surface area contributed by atoms with Gasteiger partial charge in [0.2, 0.25) is 0 Å². The zero-order valence-corrected chi connectivity index (χ0v) is 22.7. The van der Waals surface area contributed by atoms with E-state index in [0.717, 1.165) is 48.8 Å². The number of halogens is 1. The average Bonchev–Trinajstić information content (AvgIpc) is 2.87. The van der Waals surface area contributed by atoms with Gasteiger partial charge in [0.15, 0.2) is 0 Å². The highest BCUT2D eigenvalue weighted by atomic mass is 19.1. The summed E-state index contributed by atoms with van der Waals surface area (Å²) in [7, 11) is 0. The third-order valence-corrected chi connectivity index (χ3v) is 7.09. The molecule has 3 rings (SSSR count). The number of benzene rings is 2. The van der Waals surface area contributed by atoms with Crippen LogP contribution in [0, 0.1) is 18.8 Å². The number of hydrogen-bond acceptors (Lipinski definition) is 3. The van der Waals surface area contributed by atoms with Crippen molar-refractivity contribution in [1.29, 1.82) is 0 Å². The number of alkyl halides is 1. The average molecular weight is 499 g/mol. The second kappa shape index (κ2) is 15.3. The fraction of sp³-hybridized carbons (Fsp3) is 0.469. The van der Waals surface area contributed by atoms with Crippen LogP contribution in [0.25, 0.3) is 0 Å². The highest BCUT2D eigenvalue weighted by Crippen LogP contribution is 2.32. The molecule has 1 atom stereocenters. The Balaban J connectivity index is 0. The molecule has 0 heterocycles. The van der Waals surface area contributed by atoms with Crippen LogP contribution < -0.4 is 0 Å². The van der Waals surface area contributed by atoms with Crippen LogP contribution in [-0.2, 0) is 32.9 Å². The molecule has 200 valence electrons. The molecule has 2 aromatic rings. The number of aryl methyl sites for hydroxylation is 1. The Morgan fingerprint density at radius 3 is 2.25 bits per heavy atom. The van der Waals surface area contributed by atoms with Gasteiger partial charge in [-0.2, -0.15) is 0 Å². The van der Waals surface area contributed by atoms with E-state index in [4.69, 9.17) is 9.59 Å². The molecule has 1 fully saturated rings. The van der Waals surface area contributed by atoms with Crippen LogP contribution in [0.4, 0.5) is 4.39 Å². The summed E-state index contributed by atoms with van der Waals surface area (Å²) >= 11 is 0. The summed E-state index contributed by atoms with van der Waals surface area (Å²) in [4.78, 5) is 28.9. The summed E-state index contributed by atoms with van der Waals surface area (Å²) in [5.74, 6) is 1.61. The predicted molar refractivity (Wildman–Crippen MR) is 151 cm³/mol. The van der Waals surface area contributed by atoms with Gasteiger partial charge in [-0.25, -0.2) is 4.39 Å². The van der Waals surface area contributed by atoms with E-state index in [-0.39, 0.29) is 8.77 Å². The smallest absolute Gasteiger partial charge is 0.140 e. The molecule has 0 aliphatic heterocycles. The minimum Gasteiger partial charge on any atom is -0.307 e. The van der Waals surface area contributed by atoms with E-state index in [1.165, 1.54) is 11.1 Å². The van der Waals surface area contributed by atoms with Crippen molar-refractivity contribution in [3.05, 3.63) is 82.4 Å². The molecular weight excluding hydrogens is 451 g/mol. The van der Waals surface area contributed by atoms with Crippen molar-refractivity contribution >= 4 is 19.4 Å². The molecule has 4 heteroatoms. The van der Waals surface area contributed by atoms with Crippen LogP contribution >= 0.6 is 0 Å². The normalized spacial score (nSPS) is 18.4. The molecule has 1 saturated carbocycles. The molecule has 0 aromatic heterocycles. The largest absolute Gasteiger partial charge is 0.307 e. The molecular formula is C32H47FO3. The highest BCUT2D eigenvalue weighted by molar-refractivity contribution is 5.83. The van der Waals surface area contributed by atoms with Gasteiger partial charge in [0.1, 0.15) is 25.0 Å². The first kappa shape index (κ1) is 31.2. The van der Waals surface area contributed by atoms with Crippen molar-refractivity contribution in [3.63, 3.8) is 0 Å². The van der Waals surface area contributed by atoms with E-state index >= 15 is 0 Å². The molecule has 0 radical (unpaired) electrons. The molecule has 1 aliphatic carbocycles. The third-order valence-electron chi connectivity index (χ3n) is 7.09. The molecule has 2 aromatic carbocycles. The lowest BCUT2D eigenvalue weighted by molar-refractivity contribution is -0.123. The zero-order valence-electron chi connectivity index (χ0n) is 22.7. The van der Waals surface area contributed by atoms with Gasteiger partial charge in [-0.1, -0.05) is 61.5 Å². The maximum absolute atomic E-state index is 14.3. The maximum Gasteiger partial charge on any atom is 0.140 e. The van der Waals surface area contributed by atoms with Gasteiger partial charge in [-0.15, -0.1) is 0 Å². The minimum atomic E-state index is -1.32. The number of carbonyl (C=O) groups excluding carboxylic acids is 3. The lowest BCUT2D eigenvalue weighted by Gasteiger charge is -2.26. The van der Waals surface area contributed by atoms with E-state index in [1.54, 1.807) is 13.8 Å². The molecule has 36 heavy (non-hydrogen) atoms. The quantitative estimate of drug-likeness (QED) is 0.345. The molecule has 1 unspecified atom stereocenters. The SMILES string of the molecule is C/C=C\C1CCC(C(=O)Cc2ccc(C(C)Cc3cccc(C(C)(C)F)c3)c(C)c2)CC1.C=O.C=O.[HH].[HH]. The molecule has 0 amide bonds. The van der Waals surface area contributed by atoms with Crippen LogP contribution in [0.3, 0.4) is 0 Å². The van der Waals surface area contributed by atoms with Gasteiger partial charge in [0.05, 0.1) is 0 Å². The van der Waals surface area contributed by atoms with Crippen molar-refractivity contribution in [3.8, 4) is 0 Å². The third kappa shape index (κ3) is 9.29. The Bertz CT molecular complexity index is 990. The predicted octanol–water partition coefficient (Wildman–Crippen LogP) is 8.16. The summed E-state index contributed by atoms with van der Waals surface area (Å²) in [6.07, 6.45) is 10.2. The zero-order chi connectivity index (χ0) is 27.3. The van der Waals surface area contributed by atoms with E-state index in [1.807, 2.05) is 31.8 Å². The summed E-state index contributed by atoms with van der Waals surface area (Å²) in [5, 5.41) is 0. The van der Waals surface area contributed by atoms with E-state index in [0.29, 0.717) is 24.0 Å². The Kier molecular flexibility index (Phi) is 13.2. The lowest BCUT2D eigenvalue weighted by Crippen LogP contribution is -2.22. The Labute approximate surface area is 220 Å². The molecule has 0 saturated heterocycles. The van der Waals surface area contributed by atoms with Crippen molar-refractivity contribution in [2.75, 3.05) is 0 Å². The van der Waals surface area contributed by atoms with Crippen LogP contribution in [-0.4, -0.2) is 19.4 Å². The first-order valence-electron chi connectivity index (χ1n) is 12.8. The Morgan fingerprint density at radius 1 is 1.06 bits per heavy atom. The topological polar surface area (TPSA) is 51.2 Å². The summed E-state index contributed by atoms with van der Waals surface area (Å²) in [6, 6.07) is 14.4. The first-order chi connectivity index (χ1) is 17.2. The minimum absolute atomic E-state index is 0. The number of Topliss-reactive ketones (excluding diaryl/α,β-unsaturated/α-hetero) is 1. The van der Waals surface area contributed by atoms with Gasteiger partial charge < -0.3 is 9.59 Å². The van der Waals surface area contributed by atoms with Gasteiger partial charge in [0.25, 0.3) is 0 Å². The summed E-state index contributed by atoms with van der Waals surface area (Å²) in [5.41, 5.74) is 4.23. The summed E-state index contributed by atoms with van der Waals surface area (Å²) < 4.78 is 14.3. The second-order valence-corrected chi connectivity index (χ2v) is 10.2. The van der Waals surface area contributed by atoms with Crippen LogP contribution in [0.2, 0.25) is 0 Å². The Morgan fingerprint density at radius 2 is 1.69 bits per heavy atom. The fourth-order valence-corrected chi connectivity index (χ4v) is 5.18. The standard InChI is InChI=1S/C30H39FO.2CH2O.2H2/c1-6-8-23-11-14-26(15-12-23)29(32)20-25-13-16-28(22(3)18-25)21(2)17-24-9-7-10-27(19-24)30(4,5)31;2*1-2;;/h6-10,13,16,18-19,21,23,26H,11-12,14-15,17,20H2,1-5H3;2*1H2;2*1H/b8-6-;;;;. The number of carbonyl (C=O) groups is 3. The Hall–Kier alpha value is -2.88. The number of allylic oxidation sites excluding steroid dienone is 2. The lowest BCUT2D eigenvalue weighted by atomic mass is 9.78. The van der Waals surface area contributed by atoms with Crippen molar-refractivity contribution in [1.82, 2.24) is 0 Å².